The van der Waals surface area contributed by atoms with Crippen LogP contribution in [0.5, 0.6) is 0 Å². The predicted molar refractivity (Wildman–Crippen MR) is 68.4 cm³/mol. The van der Waals surface area contributed by atoms with Crippen molar-refractivity contribution in [3.05, 3.63) is 57.0 Å². The van der Waals surface area contributed by atoms with E-state index in [9.17, 15) is 9.18 Å². The van der Waals surface area contributed by atoms with Gasteiger partial charge in [0.2, 0.25) is 0 Å². The number of Topliss-reactive ketones (excluding diaryl/α,β-unsaturated/α-hetero) is 1. The SMILES string of the molecule is N#CC(C(=O)c1ccc(F)cc1Cl)c1cccs1. The van der Waals surface area contributed by atoms with Crippen molar-refractivity contribution in [3.8, 4) is 6.07 Å². The van der Waals surface area contributed by atoms with Crippen molar-refractivity contribution in [1.29, 1.82) is 5.26 Å². The molecule has 90 valence electrons. The first-order valence-corrected chi connectivity index (χ1v) is 6.31. The molecule has 0 aliphatic heterocycles. The fraction of sp³-hybridized carbons (Fsp3) is 0.0769. The molecule has 0 amide bonds. The van der Waals surface area contributed by atoms with E-state index in [1.54, 1.807) is 17.5 Å². The molecule has 0 saturated carbocycles. The molecule has 18 heavy (non-hydrogen) atoms. The van der Waals surface area contributed by atoms with Crippen molar-refractivity contribution in [3.63, 3.8) is 0 Å². The van der Waals surface area contributed by atoms with Crippen molar-refractivity contribution in [1.82, 2.24) is 0 Å². The Bertz CT molecular complexity index is 618. The van der Waals surface area contributed by atoms with Crippen LogP contribution in [0.1, 0.15) is 21.2 Å². The van der Waals surface area contributed by atoms with Gasteiger partial charge in [0, 0.05) is 10.4 Å². The molecular formula is C13H7ClFNOS. The summed E-state index contributed by atoms with van der Waals surface area (Å²) in [6.07, 6.45) is 0. The summed E-state index contributed by atoms with van der Waals surface area (Å²) in [6, 6.07) is 8.96. The van der Waals surface area contributed by atoms with E-state index in [0.29, 0.717) is 4.88 Å². The number of rotatable bonds is 3. The number of hydrogen-bond donors (Lipinski definition) is 0. The first-order valence-electron chi connectivity index (χ1n) is 5.05. The maximum atomic E-state index is 12.9. The van der Waals surface area contributed by atoms with Crippen LogP contribution >= 0.6 is 22.9 Å². The Morgan fingerprint density at radius 2 is 2.22 bits per heavy atom. The van der Waals surface area contributed by atoms with Gasteiger partial charge in [-0.15, -0.1) is 11.3 Å². The number of nitriles is 1. The third-order valence-electron chi connectivity index (χ3n) is 2.42. The standard InChI is InChI=1S/C13H7ClFNOS/c14-11-6-8(15)3-4-9(11)13(17)10(7-16)12-2-1-5-18-12/h1-6,10H. The fourth-order valence-corrected chi connectivity index (χ4v) is 2.58. The van der Waals surface area contributed by atoms with Crippen molar-refractivity contribution in [2.75, 3.05) is 0 Å². The van der Waals surface area contributed by atoms with Crippen molar-refractivity contribution >= 4 is 28.7 Å². The first kappa shape index (κ1) is 12.7. The summed E-state index contributed by atoms with van der Waals surface area (Å²) in [6.45, 7) is 0. The van der Waals surface area contributed by atoms with Gasteiger partial charge in [-0.2, -0.15) is 5.26 Å². The molecule has 0 N–H and O–H groups in total. The van der Waals surface area contributed by atoms with Gasteiger partial charge in [-0.25, -0.2) is 4.39 Å². The lowest BCUT2D eigenvalue weighted by atomic mass is 9.97. The Kier molecular flexibility index (Phi) is 3.75. The van der Waals surface area contributed by atoms with E-state index in [0.717, 1.165) is 12.1 Å². The summed E-state index contributed by atoms with van der Waals surface area (Å²) >= 11 is 7.15. The molecule has 1 aromatic heterocycles. The van der Waals surface area contributed by atoms with Gasteiger partial charge < -0.3 is 0 Å². The third-order valence-corrected chi connectivity index (χ3v) is 3.67. The van der Waals surface area contributed by atoms with Gasteiger partial charge in [0.15, 0.2) is 5.78 Å². The summed E-state index contributed by atoms with van der Waals surface area (Å²) in [5.41, 5.74) is 0.165. The molecule has 0 fully saturated rings. The molecule has 2 nitrogen and oxygen atoms in total. The second-order valence-corrected chi connectivity index (χ2v) is 4.95. The Balaban J connectivity index is 2.39. The zero-order valence-electron chi connectivity index (χ0n) is 9.06. The predicted octanol–water partition coefficient (Wildman–Crippen LogP) is 4.03. The Labute approximate surface area is 112 Å². The molecular weight excluding hydrogens is 273 g/mol. The van der Waals surface area contributed by atoms with Crippen molar-refractivity contribution in [2.45, 2.75) is 5.92 Å². The molecule has 1 atom stereocenters. The van der Waals surface area contributed by atoms with Gasteiger partial charge in [0.25, 0.3) is 0 Å². The summed E-state index contributed by atoms with van der Waals surface area (Å²) in [7, 11) is 0. The van der Waals surface area contributed by atoms with Crippen LogP contribution in [0.3, 0.4) is 0 Å². The minimum Gasteiger partial charge on any atom is -0.292 e. The van der Waals surface area contributed by atoms with Crippen molar-refractivity contribution in [2.24, 2.45) is 0 Å². The molecule has 2 aromatic rings. The minimum atomic E-state index is -0.895. The average Bonchev–Trinajstić information content (AvgIpc) is 2.83. The smallest absolute Gasteiger partial charge is 0.186 e. The average molecular weight is 280 g/mol. The van der Waals surface area contributed by atoms with Gasteiger partial charge in [-0.3, -0.25) is 4.79 Å². The van der Waals surface area contributed by atoms with Crippen LogP contribution in [0.4, 0.5) is 4.39 Å². The van der Waals surface area contributed by atoms with E-state index in [2.05, 4.69) is 0 Å². The van der Waals surface area contributed by atoms with E-state index in [1.807, 2.05) is 6.07 Å². The number of thiophene rings is 1. The molecule has 0 bridgehead atoms. The van der Waals surface area contributed by atoms with Crippen LogP contribution in [0.2, 0.25) is 5.02 Å². The second-order valence-electron chi connectivity index (χ2n) is 3.57. The summed E-state index contributed by atoms with van der Waals surface area (Å²) < 4.78 is 12.9. The largest absolute Gasteiger partial charge is 0.292 e. The van der Waals surface area contributed by atoms with Gasteiger partial charge >= 0.3 is 0 Å². The van der Waals surface area contributed by atoms with Gasteiger partial charge in [0.1, 0.15) is 11.7 Å². The minimum absolute atomic E-state index is 0.0248. The van der Waals surface area contributed by atoms with Gasteiger partial charge in [0.05, 0.1) is 11.1 Å². The number of carbonyl (C=O) groups is 1. The molecule has 5 heteroatoms. The lowest BCUT2D eigenvalue weighted by Crippen LogP contribution is -2.10. The molecule has 1 unspecified atom stereocenters. The summed E-state index contributed by atoms with van der Waals surface area (Å²) in [5, 5.41) is 10.9. The maximum absolute atomic E-state index is 12.9. The third kappa shape index (κ3) is 2.42. The molecule has 0 aliphatic carbocycles. The Morgan fingerprint density at radius 1 is 1.44 bits per heavy atom. The number of ketones is 1. The van der Waals surface area contributed by atoms with E-state index in [1.165, 1.54) is 17.4 Å². The number of halogens is 2. The number of hydrogen-bond acceptors (Lipinski definition) is 3. The molecule has 0 saturated heterocycles. The lowest BCUT2D eigenvalue weighted by molar-refractivity contribution is 0.0980. The highest BCUT2D eigenvalue weighted by molar-refractivity contribution is 7.10. The van der Waals surface area contributed by atoms with E-state index >= 15 is 0 Å². The van der Waals surface area contributed by atoms with Gasteiger partial charge in [-0.05, 0) is 29.6 Å². The molecule has 1 heterocycles. The highest BCUT2D eigenvalue weighted by Crippen LogP contribution is 2.28. The normalized spacial score (nSPS) is 11.8. The summed E-state index contributed by atoms with van der Waals surface area (Å²) in [4.78, 5) is 12.8. The zero-order valence-corrected chi connectivity index (χ0v) is 10.6. The number of benzene rings is 1. The Morgan fingerprint density at radius 3 is 2.78 bits per heavy atom. The van der Waals surface area contributed by atoms with E-state index in [4.69, 9.17) is 16.9 Å². The molecule has 0 radical (unpaired) electrons. The van der Waals surface area contributed by atoms with E-state index < -0.39 is 17.5 Å². The topological polar surface area (TPSA) is 40.9 Å². The fourth-order valence-electron chi connectivity index (χ4n) is 1.55. The van der Waals surface area contributed by atoms with Crippen LogP contribution in [-0.4, -0.2) is 5.78 Å². The van der Waals surface area contributed by atoms with Crippen LogP contribution in [0.25, 0.3) is 0 Å². The zero-order chi connectivity index (χ0) is 13.1. The summed E-state index contributed by atoms with van der Waals surface area (Å²) in [5.74, 6) is -1.82. The van der Waals surface area contributed by atoms with Crippen molar-refractivity contribution < 1.29 is 9.18 Å². The second kappa shape index (κ2) is 5.30. The van der Waals surface area contributed by atoms with Crippen LogP contribution in [-0.2, 0) is 0 Å². The number of nitrogens with zero attached hydrogens (tertiary/aromatic N) is 1. The first-order chi connectivity index (χ1) is 8.63. The van der Waals surface area contributed by atoms with Crippen LogP contribution in [0, 0.1) is 17.1 Å². The lowest BCUT2D eigenvalue weighted by Gasteiger charge is -2.07. The molecule has 0 aliphatic rings. The quantitative estimate of drug-likeness (QED) is 0.796. The monoisotopic (exact) mass is 279 g/mol. The maximum Gasteiger partial charge on any atom is 0.186 e. The Hall–Kier alpha value is -1.70. The van der Waals surface area contributed by atoms with Crippen LogP contribution in [0.15, 0.2) is 35.7 Å². The highest BCUT2D eigenvalue weighted by Gasteiger charge is 2.24. The molecule has 1 aromatic carbocycles. The molecule has 2 rings (SSSR count). The van der Waals surface area contributed by atoms with E-state index in [-0.39, 0.29) is 10.6 Å². The van der Waals surface area contributed by atoms with Gasteiger partial charge in [-0.1, -0.05) is 17.7 Å². The molecule has 0 spiro atoms. The number of carbonyl (C=O) groups excluding carboxylic acids is 1. The van der Waals surface area contributed by atoms with Crippen LogP contribution < -0.4 is 0 Å². The highest BCUT2D eigenvalue weighted by atomic mass is 35.5.